The average Bonchev–Trinajstić information content (AvgIpc) is 2.70. The van der Waals surface area contributed by atoms with Crippen molar-refractivity contribution in [3.63, 3.8) is 0 Å². The van der Waals surface area contributed by atoms with E-state index >= 15 is 0 Å². The Labute approximate surface area is 165 Å². The Kier molecular flexibility index (Phi) is 5.99. The van der Waals surface area contributed by atoms with E-state index in [0.717, 1.165) is 17.4 Å². The highest BCUT2D eigenvalue weighted by atomic mass is 16.5. The molecule has 0 amide bonds. The fourth-order valence-corrected chi connectivity index (χ4v) is 2.83. The lowest BCUT2D eigenvalue weighted by atomic mass is 10.0. The van der Waals surface area contributed by atoms with Crippen LogP contribution in [0.25, 0.3) is 11.1 Å². The molecule has 3 aromatic carbocycles. The first-order valence-corrected chi connectivity index (χ1v) is 9.19. The number of rotatable bonds is 7. The molecule has 0 aliphatic rings. The van der Waals surface area contributed by atoms with Crippen molar-refractivity contribution in [3.05, 3.63) is 71.8 Å². The highest BCUT2D eigenvalue weighted by Gasteiger charge is 2.17. The van der Waals surface area contributed by atoms with Crippen molar-refractivity contribution in [2.75, 3.05) is 7.11 Å². The van der Waals surface area contributed by atoms with E-state index in [0.29, 0.717) is 28.6 Å². The van der Waals surface area contributed by atoms with Crippen LogP contribution >= 0.6 is 0 Å². The number of hydrogen-bond donors (Lipinski definition) is 0. The summed E-state index contributed by atoms with van der Waals surface area (Å²) in [5, 5.41) is 0. The number of hydrogen-bond acceptors (Lipinski definition) is 4. The largest absolute Gasteiger partial charge is 0.493 e. The Morgan fingerprint density at radius 1 is 0.857 bits per heavy atom. The molecule has 144 valence electrons. The van der Waals surface area contributed by atoms with E-state index in [1.165, 1.54) is 12.7 Å². The molecule has 0 unspecified atom stereocenters. The van der Waals surface area contributed by atoms with Crippen molar-refractivity contribution in [3.8, 4) is 34.1 Å². The molecule has 0 aliphatic carbocycles. The summed E-state index contributed by atoms with van der Waals surface area (Å²) >= 11 is 0. The molecular weight excluding hydrogens is 352 g/mol. The van der Waals surface area contributed by atoms with Gasteiger partial charge in [-0.15, -0.1) is 0 Å². The summed E-state index contributed by atoms with van der Waals surface area (Å²) in [6.45, 7) is 5.92. The normalized spacial score (nSPS) is 10.6. The molecule has 4 heteroatoms. The third-order valence-corrected chi connectivity index (χ3v) is 4.22. The summed E-state index contributed by atoms with van der Waals surface area (Å²) < 4.78 is 17.3. The zero-order valence-electron chi connectivity index (χ0n) is 16.6. The van der Waals surface area contributed by atoms with Gasteiger partial charge in [-0.25, -0.2) is 0 Å². The minimum atomic E-state index is -0.0674. The zero-order valence-corrected chi connectivity index (χ0v) is 16.6. The SMILES string of the molecule is COc1cc(C=O)cc(Oc2ccc(-c3ccc(C)cc3)cc2)c1OC(C)C. The smallest absolute Gasteiger partial charge is 0.204 e. The number of ether oxygens (including phenoxy) is 3. The molecule has 0 radical (unpaired) electrons. The van der Waals surface area contributed by atoms with Gasteiger partial charge in [0.1, 0.15) is 12.0 Å². The standard InChI is InChI=1S/C24H24O4/c1-16(2)27-24-22(26-4)13-18(15-25)14-23(24)28-21-11-9-20(10-12-21)19-7-5-17(3)6-8-19/h5-16H,1-4H3. The molecule has 0 aliphatic heterocycles. The van der Waals surface area contributed by atoms with E-state index in [-0.39, 0.29) is 6.10 Å². The molecule has 0 N–H and O–H groups in total. The molecule has 3 rings (SSSR count). The van der Waals surface area contributed by atoms with Crippen LogP contribution in [-0.2, 0) is 0 Å². The van der Waals surface area contributed by atoms with Gasteiger partial charge in [0.15, 0.2) is 11.5 Å². The molecule has 0 saturated heterocycles. The Bertz CT molecular complexity index is 942. The van der Waals surface area contributed by atoms with Crippen molar-refractivity contribution in [2.45, 2.75) is 26.9 Å². The first kappa shape index (κ1) is 19.5. The van der Waals surface area contributed by atoms with Gasteiger partial charge in [0.25, 0.3) is 0 Å². The summed E-state index contributed by atoms with van der Waals surface area (Å²) in [7, 11) is 1.54. The van der Waals surface area contributed by atoms with Crippen LogP contribution in [0, 0.1) is 6.92 Å². The van der Waals surface area contributed by atoms with Crippen LogP contribution in [0.2, 0.25) is 0 Å². The molecule has 0 fully saturated rings. The first-order chi connectivity index (χ1) is 13.5. The van der Waals surface area contributed by atoms with Crippen molar-refractivity contribution >= 4 is 6.29 Å². The van der Waals surface area contributed by atoms with Gasteiger partial charge in [0, 0.05) is 5.56 Å². The molecule has 0 bridgehead atoms. The minimum absolute atomic E-state index is 0.0674. The van der Waals surface area contributed by atoms with Crippen molar-refractivity contribution in [1.82, 2.24) is 0 Å². The molecule has 3 aromatic rings. The monoisotopic (exact) mass is 376 g/mol. The second kappa shape index (κ2) is 8.61. The molecule has 0 saturated carbocycles. The quantitative estimate of drug-likeness (QED) is 0.470. The van der Waals surface area contributed by atoms with Gasteiger partial charge in [-0.05, 0) is 56.2 Å². The summed E-state index contributed by atoms with van der Waals surface area (Å²) in [5.74, 6) is 2.03. The second-order valence-electron chi connectivity index (χ2n) is 6.83. The summed E-state index contributed by atoms with van der Waals surface area (Å²) in [4.78, 5) is 11.3. The van der Waals surface area contributed by atoms with Gasteiger partial charge in [-0.3, -0.25) is 4.79 Å². The number of carbonyl (C=O) groups excluding carboxylic acids is 1. The van der Waals surface area contributed by atoms with E-state index in [2.05, 4.69) is 31.2 Å². The lowest BCUT2D eigenvalue weighted by Crippen LogP contribution is -2.08. The molecule has 28 heavy (non-hydrogen) atoms. The maximum Gasteiger partial charge on any atom is 0.204 e. The molecule has 4 nitrogen and oxygen atoms in total. The van der Waals surface area contributed by atoms with Gasteiger partial charge >= 0.3 is 0 Å². The van der Waals surface area contributed by atoms with Crippen LogP contribution in [0.1, 0.15) is 29.8 Å². The maximum absolute atomic E-state index is 11.3. The number of benzene rings is 3. The first-order valence-electron chi connectivity index (χ1n) is 9.19. The van der Waals surface area contributed by atoms with Crippen molar-refractivity contribution in [2.24, 2.45) is 0 Å². The van der Waals surface area contributed by atoms with E-state index in [1.54, 1.807) is 12.1 Å². The van der Waals surface area contributed by atoms with E-state index in [4.69, 9.17) is 14.2 Å². The highest BCUT2D eigenvalue weighted by molar-refractivity contribution is 5.78. The van der Waals surface area contributed by atoms with Crippen LogP contribution in [0.3, 0.4) is 0 Å². The van der Waals surface area contributed by atoms with Gasteiger partial charge in [-0.2, -0.15) is 0 Å². The third kappa shape index (κ3) is 4.52. The van der Waals surface area contributed by atoms with Gasteiger partial charge in [0.2, 0.25) is 5.75 Å². The lowest BCUT2D eigenvalue weighted by Gasteiger charge is -2.18. The zero-order chi connectivity index (χ0) is 20.1. The predicted octanol–water partition coefficient (Wildman–Crippen LogP) is 6.06. The Hall–Kier alpha value is -3.27. The molecule has 0 spiro atoms. The predicted molar refractivity (Wildman–Crippen MR) is 111 cm³/mol. The van der Waals surface area contributed by atoms with Crippen LogP contribution in [0.4, 0.5) is 0 Å². The van der Waals surface area contributed by atoms with Gasteiger partial charge in [-0.1, -0.05) is 42.0 Å². The molecule has 0 heterocycles. The average molecular weight is 376 g/mol. The Morgan fingerprint density at radius 2 is 1.43 bits per heavy atom. The van der Waals surface area contributed by atoms with E-state index in [1.807, 2.05) is 38.1 Å². The maximum atomic E-state index is 11.3. The van der Waals surface area contributed by atoms with Crippen LogP contribution < -0.4 is 14.2 Å². The van der Waals surface area contributed by atoms with Gasteiger partial charge < -0.3 is 14.2 Å². The highest BCUT2D eigenvalue weighted by Crippen LogP contribution is 2.41. The molecule has 0 atom stereocenters. The van der Waals surface area contributed by atoms with Crippen LogP contribution in [-0.4, -0.2) is 19.5 Å². The lowest BCUT2D eigenvalue weighted by molar-refractivity contribution is 0.112. The topological polar surface area (TPSA) is 44.8 Å². The number of methoxy groups -OCH3 is 1. The molecular formula is C24H24O4. The second-order valence-corrected chi connectivity index (χ2v) is 6.83. The van der Waals surface area contributed by atoms with Crippen molar-refractivity contribution in [1.29, 1.82) is 0 Å². The fraction of sp³-hybridized carbons (Fsp3) is 0.208. The molecule has 0 aromatic heterocycles. The summed E-state index contributed by atoms with van der Waals surface area (Å²) in [6.07, 6.45) is 0.692. The number of carbonyl (C=O) groups is 1. The van der Waals surface area contributed by atoms with Crippen LogP contribution in [0.15, 0.2) is 60.7 Å². The van der Waals surface area contributed by atoms with E-state index < -0.39 is 0 Å². The number of aldehydes is 1. The van der Waals surface area contributed by atoms with Crippen molar-refractivity contribution < 1.29 is 19.0 Å². The van der Waals surface area contributed by atoms with Crippen LogP contribution in [0.5, 0.6) is 23.0 Å². The summed E-state index contributed by atoms with van der Waals surface area (Å²) in [6, 6.07) is 19.5. The Morgan fingerprint density at radius 3 is 1.96 bits per heavy atom. The number of aryl methyl sites for hydroxylation is 1. The fourth-order valence-electron chi connectivity index (χ4n) is 2.83. The minimum Gasteiger partial charge on any atom is -0.493 e. The third-order valence-electron chi connectivity index (χ3n) is 4.22. The summed E-state index contributed by atoms with van der Waals surface area (Å²) in [5.41, 5.74) is 3.93. The Balaban J connectivity index is 1.91. The van der Waals surface area contributed by atoms with E-state index in [9.17, 15) is 4.79 Å². The van der Waals surface area contributed by atoms with Gasteiger partial charge in [0.05, 0.1) is 13.2 Å².